The topological polar surface area (TPSA) is 154 Å². The van der Waals surface area contributed by atoms with Crippen molar-refractivity contribution in [1.29, 1.82) is 0 Å². The predicted octanol–water partition coefficient (Wildman–Crippen LogP) is 1.91. The molecule has 280 valence electrons. The molecule has 8 aliphatic heterocycles. The molecule has 10 heterocycles. The molecule has 4 unspecified atom stereocenters. The maximum Gasteiger partial charge on any atom is 0.232 e. The van der Waals surface area contributed by atoms with Gasteiger partial charge in [0.15, 0.2) is 0 Å². The number of anilines is 3. The fraction of sp³-hybridized carbons (Fsp3) is 0.812. The molecule has 0 radical (unpaired) electrons. The van der Waals surface area contributed by atoms with Crippen LogP contribution in [0.4, 0.5) is 17.8 Å². The molecular formula is C32H45Cl3N10O6. The zero-order valence-corrected chi connectivity index (χ0v) is 31.6. The summed E-state index contributed by atoms with van der Waals surface area (Å²) >= 11 is 17.8. The molecule has 16 nitrogen and oxygen atoms in total. The molecule has 4 atom stereocenters. The van der Waals surface area contributed by atoms with Gasteiger partial charge in [0, 0.05) is 25.2 Å². The number of halogens is 3. The standard InChI is InChI=1S/C16H22ClN5O3.C9H12Cl2N4O.C7H11NO2/c1-15(2)7-23-4-3-21(15)13-18-12(17)19-14(20-13)22-10-5-24-8-16(10)9-25-6-11(16)22;1-9(2)5-16-4-3-15(9)8-13-6(10)12-7(11)14-8;1-5-7(3-9-1)4-10-2-6(7)8-5/h10-11H,3-9H2,1-2H3;3-5H2,1-2H3;5-6,8H,1-4H2. The van der Waals surface area contributed by atoms with E-state index < -0.39 is 0 Å². The van der Waals surface area contributed by atoms with Crippen molar-refractivity contribution in [3.63, 3.8) is 0 Å². The van der Waals surface area contributed by atoms with E-state index in [4.69, 9.17) is 68.2 Å². The number of hydrogen-bond donors (Lipinski definition) is 1. The molecule has 0 saturated carbocycles. The van der Waals surface area contributed by atoms with Crippen LogP contribution in [0.25, 0.3) is 0 Å². The van der Waals surface area contributed by atoms with Gasteiger partial charge in [-0.05, 0) is 62.5 Å². The maximum atomic E-state index is 6.26. The highest BCUT2D eigenvalue weighted by molar-refractivity contribution is 6.31. The third-order valence-corrected chi connectivity index (χ3v) is 12.1. The molecule has 2 spiro atoms. The highest BCUT2D eigenvalue weighted by Gasteiger charge is 2.67. The van der Waals surface area contributed by atoms with Crippen molar-refractivity contribution in [1.82, 2.24) is 35.2 Å². The highest BCUT2D eigenvalue weighted by Crippen LogP contribution is 2.53. The average Bonchev–Trinajstić information content (AvgIpc) is 3.80. The molecule has 51 heavy (non-hydrogen) atoms. The van der Waals surface area contributed by atoms with Gasteiger partial charge < -0.3 is 48.4 Å². The zero-order chi connectivity index (χ0) is 35.6. The first-order chi connectivity index (χ1) is 24.4. The maximum absolute atomic E-state index is 6.26. The molecule has 8 aliphatic rings. The summed E-state index contributed by atoms with van der Waals surface area (Å²) in [4.78, 5) is 31.9. The molecule has 1 N–H and O–H groups in total. The van der Waals surface area contributed by atoms with Gasteiger partial charge in [-0.3, -0.25) is 0 Å². The summed E-state index contributed by atoms with van der Waals surface area (Å²) in [5, 5.41) is 3.88. The second-order valence-electron chi connectivity index (χ2n) is 15.6. The summed E-state index contributed by atoms with van der Waals surface area (Å²) in [6.07, 6.45) is 0. The van der Waals surface area contributed by atoms with E-state index in [1.807, 2.05) is 4.90 Å². The van der Waals surface area contributed by atoms with E-state index in [2.05, 4.69) is 67.7 Å². The van der Waals surface area contributed by atoms with Gasteiger partial charge in [-0.15, -0.1) is 0 Å². The predicted molar refractivity (Wildman–Crippen MR) is 188 cm³/mol. The summed E-state index contributed by atoms with van der Waals surface area (Å²) in [6, 6.07) is 1.70. The number of rotatable bonds is 3. The Morgan fingerprint density at radius 2 is 0.961 bits per heavy atom. The Balaban J connectivity index is 0.000000122. The number of hydrogen-bond acceptors (Lipinski definition) is 16. The quantitative estimate of drug-likeness (QED) is 0.483. The van der Waals surface area contributed by atoms with Crippen LogP contribution < -0.4 is 20.0 Å². The summed E-state index contributed by atoms with van der Waals surface area (Å²) in [6.45, 7) is 18.8. The molecule has 19 heteroatoms. The van der Waals surface area contributed by atoms with Gasteiger partial charge in [0.1, 0.15) is 0 Å². The molecule has 8 fully saturated rings. The van der Waals surface area contributed by atoms with E-state index >= 15 is 0 Å². The van der Waals surface area contributed by atoms with E-state index in [0.717, 1.165) is 46.2 Å². The first-order valence-corrected chi connectivity index (χ1v) is 18.6. The molecule has 10 rings (SSSR count). The average molecular weight is 772 g/mol. The lowest BCUT2D eigenvalue weighted by molar-refractivity contribution is 0.0633. The van der Waals surface area contributed by atoms with Gasteiger partial charge in [-0.25, -0.2) is 0 Å². The second kappa shape index (κ2) is 13.7. The van der Waals surface area contributed by atoms with Crippen LogP contribution in [0.5, 0.6) is 0 Å². The summed E-state index contributed by atoms with van der Waals surface area (Å²) < 4.78 is 33.3. The van der Waals surface area contributed by atoms with Crippen LogP contribution in [0, 0.1) is 10.8 Å². The largest absolute Gasteiger partial charge is 0.379 e. The summed E-state index contributed by atoms with van der Waals surface area (Å²) in [5.41, 5.74) is 0.121. The third-order valence-electron chi connectivity index (χ3n) is 11.6. The molecule has 0 bridgehead atoms. The minimum Gasteiger partial charge on any atom is -0.379 e. The fourth-order valence-corrected chi connectivity index (χ4v) is 9.12. The summed E-state index contributed by atoms with van der Waals surface area (Å²) in [7, 11) is 0. The lowest BCUT2D eigenvalue weighted by atomic mass is 9.69. The fourth-order valence-electron chi connectivity index (χ4n) is 8.62. The van der Waals surface area contributed by atoms with Crippen LogP contribution in [0.1, 0.15) is 27.7 Å². The van der Waals surface area contributed by atoms with E-state index in [0.29, 0.717) is 81.5 Å². The molecule has 0 amide bonds. The van der Waals surface area contributed by atoms with Gasteiger partial charge >= 0.3 is 0 Å². The number of nitrogens with one attached hydrogen (secondary N) is 1. The third kappa shape index (κ3) is 6.40. The van der Waals surface area contributed by atoms with E-state index in [-0.39, 0.29) is 44.4 Å². The van der Waals surface area contributed by atoms with Gasteiger partial charge in [-0.1, -0.05) is 0 Å². The van der Waals surface area contributed by atoms with Crippen LogP contribution in [-0.4, -0.2) is 158 Å². The van der Waals surface area contributed by atoms with E-state index in [1.165, 1.54) is 0 Å². The van der Waals surface area contributed by atoms with E-state index in [9.17, 15) is 0 Å². The van der Waals surface area contributed by atoms with Gasteiger partial charge in [0.25, 0.3) is 0 Å². The van der Waals surface area contributed by atoms with Crippen molar-refractivity contribution in [3.05, 3.63) is 15.9 Å². The lowest BCUT2D eigenvalue weighted by Gasteiger charge is -2.55. The van der Waals surface area contributed by atoms with Crippen LogP contribution in [0.15, 0.2) is 0 Å². The van der Waals surface area contributed by atoms with Gasteiger partial charge in [-0.2, -0.15) is 29.9 Å². The Kier molecular flexibility index (Phi) is 9.67. The first kappa shape index (κ1) is 36.0. The minimum atomic E-state index is -0.189. The van der Waals surface area contributed by atoms with Crippen LogP contribution in [0.3, 0.4) is 0 Å². The SMILES string of the molecule is C1OCC23COCC2NC13.CC1(C)COCCN1c1nc(Cl)nc(Cl)n1.CC1(C)COCCN1c1nc(Cl)nc(N2C3COCC34COCC24)n1. The molecular weight excluding hydrogens is 727 g/mol. The van der Waals surface area contributed by atoms with Crippen molar-refractivity contribution < 1.29 is 28.4 Å². The number of morpholine rings is 2. The van der Waals surface area contributed by atoms with Crippen LogP contribution in [0.2, 0.25) is 15.9 Å². The molecule has 8 saturated heterocycles. The van der Waals surface area contributed by atoms with Crippen molar-refractivity contribution in [2.24, 2.45) is 10.8 Å². The lowest BCUT2D eigenvalue weighted by Crippen LogP contribution is -2.71. The van der Waals surface area contributed by atoms with Gasteiger partial charge in [0.2, 0.25) is 33.7 Å². The smallest absolute Gasteiger partial charge is 0.232 e. The van der Waals surface area contributed by atoms with Crippen molar-refractivity contribution in [3.8, 4) is 0 Å². The second-order valence-corrected chi connectivity index (χ2v) is 16.7. The monoisotopic (exact) mass is 770 g/mol. The molecule has 2 aromatic heterocycles. The molecule has 0 aliphatic carbocycles. The van der Waals surface area contributed by atoms with Crippen LogP contribution >= 0.6 is 34.8 Å². The zero-order valence-electron chi connectivity index (χ0n) is 29.3. The Labute approximate surface area is 312 Å². The Hall–Kier alpha value is -1.99. The highest BCUT2D eigenvalue weighted by atomic mass is 35.5. The van der Waals surface area contributed by atoms with E-state index in [1.54, 1.807) is 0 Å². The number of nitrogens with zero attached hydrogens (tertiary/aromatic N) is 9. The van der Waals surface area contributed by atoms with Crippen molar-refractivity contribution in [2.75, 3.05) is 107 Å². The first-order valence-electron chi connectivity index (χ1n) is 17.5. The summed E-state index contributed by atoms with van der Waals surface area (Å²) in [5.74, 6) is 1.73. The Morgan fingerprint density at radius 1 is 0.529 bits per heavy atom. The molecule has 0 aromatic carbocycles. The number of ether oxygens (including phenoxy) is 6. The normalized spacial score (nSPS) is 35.2. The van der Waals surface area contributed by atoms with Gasteiger partial charge in [0.05, 0.1) is 113 Å². The van der Waals surface area contributed by atoms with Crippen LogP contribution in [-0.2, 0) is 28.4 Å². The van der Waals surface area contributed by atoms with Crippen molar-refractivity contribution in [2.45, 2.75) is 62.9 Å². The minimum absolute atomic E-state index is 0.0947. The Morgan fingerprint density at radius 3 is 1.45 bits per heavy atom. The Bertz CT molecular complexity index is 1550. The van der Waals surface area contributed by atoms with Crippen molar-refractivity contribution >= 4 is 52.6 Å². The number of aromatic nitrogens is 6. The molecule has 2 aromatic rings.